The topological polar surface area (TPSA) is 123 Å². The van der Waals surface area contributed by atoms with Crippen molar-refractivity contribution >= 4 is 23.1 Å². The third-order valence-electron chi connectivity index (χ3n) is 2.80. The minimum atomic E-state index is -1.57. The van der Waals surface area contributed by atoms with Crippen molar-refractivity contribution in [2.24, 2.45) is 4.99 Å². The van der Waals surface area contributed by atoms with Gasteiger partial charge in [0.25, 0.3) is 0 Å². The zero-order valence-corrected chi connectivity index (χ0v) is 11.8. The summed E-state index contributed by atoms with van der Waals surface area (Å²) < 4.78 is 4.58. The maximum absolute atomic E-state index is 9.12. The predicted molar refractivity (Wildman–Crippen MR) is 77.1 cm³/mol. The van der Waals surface area contributed by atoms with Crippen LogP contribution in [-0.4, -0.2) is 68.0 Å². The normalized spacial score (nSPS) is 31.6. The minimum absolute atomic E-state index is 0.526. The maximum Gasteiger partial charge on any atom is 0.184 e. The fourth-order valence-corrected chi connectivity index (χ4v) is 1.74. The number of aliphatic hydroxyl groups is 5. The number of rotatable bonds is 2. The Kier molecular flexibility index (Phi) is 7.58. The highest BCUT2D eigenvalue weighted by molar-refractivity contribution is 7.78. The van der Waals surface area contributed by atoms with Gasteiger partial charge in [0.05, 0.1) is 17.5 Å². The van der Waals surface area contributed by atoms with Gasteiger partial charge in [0, 0.05) is 0 Å². The lowest BCUT2D eigenvalue weighted by atomic mass is 10.00. The van der Waals surface area contributed by atoms with Crippen LogP contribution in [0.15, 0.2) is 35.3 Å². The number of nitrogens with zero attached hydrogens (tertiary/aromatic N) is 1. The molecule has 1 aliphatic heterocycles. The van der Waals surface area contributed by atoms with Crippen LogP contribution in [0.25, 0.3) is 0 Å². The predicted octanol–water partition coefficient (Wildman–Crippen LogP) is -0.800. The molecule has 0 radical (unpaired) electrons. The molecule has 2 rings (SSSR count). The highest BCUT2D eigenvalue weighted by atomic mass is 32.1. The molecule has 0 bridgehead atoms. The molecule has 1 fully saturated rings. The largest absolute Gasteiger partial charge is 0.394 e. The molecule has 1 heterocycles. The Hall–Kier alpha value is -1.22. The quantitative estimate of drug-likeness (QED) is 0.358. The molecule has 1 aromatic rings. The number of aliphatic hydroxyl groups excluding tert-OH is 5. The zero-order valence-electron chi connectivity index (χ0n) is 11.0. The monoisotopic (exact) mass is 315 g/mol. The van der Waals surface area contributed by atoms with Crippen molar-refractivity contribution in [3.63, 3.8) is 0 Å². The van der Waals surface area contributed by atoms with Gasteiger partial charge in [-0.1, -0.05) is 18.2 Å². The van der Waals surface area contributed by atoms with E-state index in [9.17, 15) is 0 Å². The Morgan fingerprint density at radius 3 is 2.19 bits per heavy atom. The molecule has 5 N–H and O–H groups in total. The number of para-hydroxylation sites is 1. The minimum Gasteiger partial charge on any atom is -0.394 e. The van der Waals surface area contributed by atoms with Crippen LogP contribution in [0, 0.1) is 0 Å². The number of hydrogen-bond donors (Lipinski definition) is 5. The molecule has 5 atom stereocenters. The number of aliphatic imine (C=N–C) groups is 1. The van der Waals surface area contributed by atoms with Crippen molar-refractivity contribution in [1.82, 2.24) is 0 Å². The first-order chi connectivity index (χ1) is 10.0. The molecule has 0 saturated carbocycles. The lowest BCUT2D eigenvalue weighted by Crippen LogP contribution is -2.58. The third kappa shape index (κ3) is 5.24. The van der Waals surface area contributed by atoms with Gasteiger partial charge in [0.1, 0.15) is 24.4 Å². The van der Waals surface area contributed by atoms with E-state index < -0.39 is 37.3 Å². The second-order valence-electron chi connectivity index (χ2n) is 4.26. The molecule has 0 unspecified atom stereocenters. The average Bonchev–Trinajstić information content (AvgIpc) is 2.51. The van der Waals surface area contributed by atoms with Crippen LogP contribution in [0.1, 0.15) is 0 Å². The molecule has 0 amide bonds. The molecule has 21 heavy (non-hydrogen) atoms. The first-order valence-electron chi connectivity index (χ1n) is 6.12. The van der Waals surface area contributed by atoms with E-state index in [1.54, 1.807) is 0 Å². The zero-order chi connectivity index (χ0) is 15.8. The molecule has 7 nitrogen and oxygen atoms in total. The van der Waals surface area contributed by atoms with E-state index in [2.05, 4.69) is 27.1 Å². The second kappa shape index (κ2) is 8.93. The van der Waals surface area contributed by atoms with Crippen LogP contribution in [0.5, 0.6) is 0 Å². The van der Waals surface area contributed by atoms with Crippen molar-refractivity contribution in [2.45, 2.75) is 30.7 Å². The van der Waals surface area contributed by atoms with E-state index in [4.69, 9.17) is 25.5 Å². The summed E-state index contributed by atoms with van der Waals surface area (Å²) in [6, 6.07) is 9.50. The number of benzene rings is 1. The molecule has 1 aromatic carbocycles. The van der Waals surface area contributed by atoms with Gasteiger partial charge in [0.15, 0.2) is 6.29 Å². The second-order valence-corrected chi connectivity index (χ2v) is 4.44. The molecule has 8 heteroatoms. The van der Waals surface area contributed by atoms with E-state index in [1.807, 2.05) is 30.3 Å². The smallest absolute Gasteiger partial charge is 0.184 e. The van der Waals surface area contributed by atoms with Gasteiger partial charge in [-0.3, -0.25) is 0 Å². The van der Waals surface area contributed by atoms with Gasteiger partial charge < -0.3 is 30.3 Å². The third-order valence-corrected chi connectivity index (χ3v) is 2.89. The van der Waals surface area contributed by atoms with Crippen LogP contribution in [0.2, 0.25) is 0 Å². The van der Waals surface area contributed by atoms with Crippen molar-refractivity contribution in [3.8, 4) is 0 Å². The van der Waals surface area contributed by atoms with Crippen LogP contribution < -0.4 is 0 Å². The lowest BCUT2D eigenvalue weighted by Gasteiger charge is -2.37. The van der Waals surface area contributed by atoms with E-state index in [-0.39, 0.29) is 0 Å². The summed E-state index contributed by atoms with van der Waals surface area (Å²) in [7, 11) is 0. The summed E-state index contributed by atoms with van der Waals surface area (Å²) in [4.78, 5) is 3.77. The average molecular weight is 315 g/mol. The Morgan fingerprint density at radius 2 is 1.67 bits per heavy atom. The van der Waals surface area contributed by atoms with Crippen molar-refractivity contribution < 1.29 is 30.3 Å². The Balaban J connectivity index is 0.000000219. The molecule has 0 aromatic heterocycles. The first-order valence-corrected chi connectivity index (χ1v) is 6.53. The Morgan fingerprint density at radius 1 is 1.05 bits per heavy atom. The van der Waals surface area contributed by atoms with Crippen molar-refractivity contribution in [2.75, 3.05) is 6.61 Å². The lowest BCUT2D eigenvalue weighted by molar-refractivity contribution is -0.286. The SMILES string of the molecule is OC[C@H]1O[C@H](O)[C@@H](O)[C@@H](O)[C@@H]1O.S=C=Nc1ccccc1. The Bertz CT molecular complexity index is 462. The van der Waals surface area contributed by atoms with E-state index in [0.717, 1.165) is 5.69 Å². The molecule has 1 aliphatic rings. The van der Waals surface area contributed by atoms with E-state index in [0.29, 0.717) is 0 Å². The summed E-state index contributed by atoms with van der Waals surface area (Å²) in [6.45, 7) is -0.526. The van der Waals surface area contributed by atoms with Crippen molar-refractivity contribution in [3.05, 3.63) is 30.3 Å². The number of isothiocyanates is 1. The van der Waals surface area contributed by atoms with Gasteiger partial charge >= 0.3 is 0 Å². The fraction of sp³-hybridized carbons (Fsp3) is 0.462. The van der Waals surface area contributed by atoms with Crippen LogP contribution in [0.4, 0.5) is 5.69 Å². The number of hydrogen-bond acceptors (Lipinski definition) is 8. The number of ether oxygens (including phenoxy) is 1. The van der Waals surface area contributed by atoms with Gasteiger partial charge in [-0.15, -0.1) is 0 Å². The molecule has 0 aliphatic carbocycles. The van der Waals surface area contributed by atoms with Gasteiger partial charge in [0.2, 0.25) is 0 Å². The Labute approximate surface area is 126 Å². The molecule has 1 saturated heterocycles. The van der Waals surface area contributed by atoms with Gasteiger partial charge in [-0.05, 0) is 24.4 Å². The molecule has 116 valence electrons. The van der Waals surface area contributed by atoms with Crippen LogP contribution in [0.3, 0.4) is 0 Å². The summed E-state index contributed by atoms with van der Waals surface area (Å²) in [6.07, 6.45) is -7.04. The molecular formula is C13H17NO6S. The van der Waals surface area contributed by atoms with Gasteiger partial charge in [-0.2, -0.15) is 4.99 Å². The summed E-state index contributed by atoms with van der Waals surface area (Å²) in [5.41, 5.74) is 0.854. The first kappa shape index (κ1) is 17.8. The van der Waals surface area contributed by atoms with Crippen LogP contribution >= 0.6 is 12.2 Å². The maximum atomic E-state index is 9.12. The van der Waals surface area contributed by atoms with Gasteiger partial charge in [-0.25, -0.2) is 0 Å². The van der Waals surface area contributed by atoms with E-state index in [1.165, 1.54) is 0 Å². The fourth-order valence-electron chi connectivity index (χ4n) is 1.64. The molecular weight excluding hydrogens is 298 g/mol. The van der Waals surface area contributed by atoms with Crippen LogP contribution in [-0.2, 0) is 4.74 Å². The summed E-state index contributed by atoms with van der Waals surface area (Å²) in [5, 5.41) is 46.9. The van der Waals surface area contributed by atoms with Crippen molar-refractivity contribution in [1.29, 1.82) is 0 Å². The standard InChI is InChI=1S/C7H5NS.C6H12O6/c9-6-8-7-4-2-1-3-5-7;7-1-2-3(8)4(9)5(10)6(11)12-2/h1-5H;2-11H,1H2/t;2-,3-,4+,5+,6+/m.1/s1. The number of thiocarbonyl (C=S) groups is 1. The molecule has 0 spiro atoms. The summed E-state index contributed by atoms with van der Waals surface area (Å²) >= 11 is 4.42. The highest BCUT2D eigenvalue weighted by Gasteiger charge is 2.42. The highest BCUT2D eigenvalue weighted by Crippen LogP contribution is 2.19. The summed E-state index contributed by atoms with van der Waals surface area (Å²) in [5.74, 6) is 0. The van der Waals surface area contributed by atoms with E-state index >= 15 is 0 Å².